The topological polar surface area (TPSA) is 48.0 Å². The van der Waals surface area contributed by atoms with Crippen molar-refractivity contribution in [1.29, 1.82) is 0 Å². The quantitative estimate of drug-likeness (QED) is 0.493. The van der Waals surface area contributed by atoms with Crippen LogP contribution in [0.15, 0.2) is 65.1 Å². The summed E-state index contributed by atoms with van der Waals surface area (Å²) < 4.78 is 3.35. The number of aryl methyl sites for hydroxylation is 1. The summed E-state index contributed by atoms with van der Waals surface area (Å²) in [6.45, 7) is 2.87. The Morgan fingerprint density at radius 2 is 1.85 bits per heavy atom. The van der Waals surface area contributed by atoms with Crippen molar-refractivity contribution >= 4 is 43.6 Å². The molecule has 0 fully saturated rings. The average molecular weight is 407 g/mol. The summed E-state index contributed by atoms with van der Waals surface area (Å²) in [6.07, 6.45) is 0.967. The number of hydrogen-bond acceptors (Lipinski definition) is 1. The van der Waals surface area contributed by atoms with Crippen LogP contribution in [-0.4, -0.2) is 10.5 Å². The molecule has 1 aromatic heterocycles. The van der Waals surface area contributed by atoms with Crippen LogP contribution in [0.25, 0.3) is 21.8 Å². The van der Waals surface area contributed by atoms with Gasteiger partial charge in [-0.3, -0.25) is 4.79 Å². The molecule has 130 valence electrons. The van der Waals surface area contributed by atoms with E-state index >= 15 is 0 Å². The number of carbonyl (C=O) groups is 1. The Balaban J connectivity index is 2.07. The van der Waals surface area contributed by atoms with E-state index < -0.39 is 5.91 Å². The molecule has 4 rings (SSSR count). The van der Waals surface area contributed by atoms with Gasteiger partial charge >= 0.3 is 0 Å². The Morgan fingerprint density at radius 3 is 2.58 bits per heavy atom. The van der Waals surface area contributed by atoms with Crippen LogP contribution in [-0.2, 0) is 13.0 Å². The molecular weight excluding hydrogens is 388 g/mol. The Kier molecular flexibility index (Phi) is 4.29. The molecule has 0 aliphatic carbocycles. The number of hydrogen-bond donors (Lipinski definition) is 1. The Hall–Kier alpha value is -2.59. The molecule has 4 aromatic rings. The number of benzene rings is 3. The van der Waals surface area contributed by atoms with Crippen molar-refractivity contribution in [3.63, 3.8) is 0 Å². The van der Waals surface area contributed by atoms with E-state index in [-0.39, 0.29) is 0 Å². The lowest BCUT2D eigenvalue weighted by molar-refractivity contribution is 0.100. The van der Waals surface area contributed by atoms with Gasteiger partial charge in [0.2, 0.25) is 5.91 Å². The zero-order chi connectivity index (χ0) is 18.3. The molecule has 0 spiro atoms. The van der Waals surface area contributed by atoms with Gasteiger partial charge in [0.25, 0.3) is 0 Å². The van der Waals surface area contributed by atoms with Crippen molar-refractivity contribution in [3.8, 4) is 0 Å². The van der Waals surface area contributed by atoms with Crippen molar-refractivity contribution < 1.29 is 4.79 Å². The van der Waals surface area contributed by atoms with Gasteiger partial charge in [-0.2, -0.15) is 0 Å². The maximum absolute atomic E-state index is 12.0. The van der Waals surface area contributed by atoms with Gasteiger partial charge in [-0.25, -0.2) is 0 Å². The summed E-state index contributed by atoms with van der Waals surface area (Å²) in [7, 11) is 0. The fraction of sp³-hybridized carbons (Fsp3) is 0.136. The predicted octanol–water partition coefficient (Wildman–Crippen LogP) is 5.27. The lowest BCUT2D eigenvalue weighted by Crippen LogP contribution is -2.11. The number of nitrogens with zero attached hydrogens (tertiary/aromatic N) is 1. The minimum atomic E-state index is -0.393. The number of halogens is 1. The summed E-state index contributed by atoms with van der Waals surface area (Å²) in [4.78, 5) is 12.0. The molecule has 3 aromatic carbocycles. The monoisotopic (exact) mass is 406 g/mol. The number of aromatic nitrogens is 1. The second kappa shape index (κ2) is 6.61. The highest BCUT2D eigenvalue weighted by atomic mass is 79.9. The maximum atomic E-state index is 12.0. The van der Waals surface area contributed by atoms with Gasteiger partial charge in [-0.15, -0.1) is 0 Å². The SMILES string of the molecule is CCc1ccc2c3c(C(N)=O)cccc3n(Cc3ccccc3Br)c2c1. The summed E-state index contributed by atoms with van der Waals surface area (Å²) in [5, 5.41) is 2.00. The van der Waals surface area contributed by atoms with Crippen LogP contribution < -0.4 is 5.73 Å². The Bertz CT molecular complexity index is 1140. The molecule has 0 unspecified atom stereocenters. The lowest BCUT2D eigenvalue weighted by atomic mass is 10.0. The number of primary amides is 1. The van der Waals surface area contributed by atoms with Gasteiger partial charge in [0.1, 0.15) is 0 Å². The third-order valence-electron chi connectivity index (χ3n) is 4.92. The van der Waals surface area contributed by atoms with Gasteiger partial charge in [-0.1, -0.05) is 59.3 Å². The van der Waals surface area contributed by atoms with Gasteiger partial charge in [0.15, 0.2) is 0 Å². The third-order valence-corrected chi connectivity index (χ3v) is 5.69. The predicted molar refractivity (Wildman–Crippen MR) is 111 cm³/mol. The van der Waals surface area contributed by atoms with Crippen molar-refractivity contribution in [1.82, 2.24) is 4.57 Å². The van der Waals surface area contributed by atoms with Crippen LogP contribution in [0.4, 0.5) is 0 Å². The van der Waals surface area contributed by atoms with E-state index in [2.05, 4.69) is 63.8 Å². The fourth-order valence-corrected chi connectivity index (χ4v) is 3.99. The molecule has 3 nitrogen and oxygen atoms in total. The van der Waals surface area contributed by atoms with Gasteiger partial charge < -0.3 is 10.3 Å². The molecule has 26 heavy (non-hydrogen) atoms. The first-order valence-corrected chi connectivity index (χ1v) is 9.46. The number of fused-ring (bicyclic) bond motifs is 3. The molecule has 0 aliphatic heterocycles. The number of rotatable bonds is 4. The van der Waals surface area contributed by atoms with Gasteiger partial charge in [-0.05, 0) is 41.8 Å². The van der Waals surface area contributed by atoms with Crippen molar-refractivity contribution in [3.05, 3.63) is 81.8 Å². The average Bonchev–Trinajstić information content (AvgIpc) is 2.96. The van der Waals surface area contributed by atoms with E-state index in [0.29, 0.717) is 5.56 Å². The normalized spacial score (nSPS) is 11.3. The molecule has 2 N–H and O–H groups in total. The largest absolute Gasteiger partial charge is 0.366 e. The Morgan fingerprint density at radius 1 is 1.04 bits per heavy atom. The minimum absolute atomic E-state index is 0.393. The second-order valence-electron chi connectivity index (χ2n) is 6.45. The minimum Gasteiger partial charge on any atom is -0.366 e. The summed E-state index contributed by atoms with van der Waals surface area (Å²) in [5.74, 6) is -0.393. The molecular formula is C22H19BrN2O. The molecule has 4 heteroatoms. The van der Waals surface area contributed by atoms with Crippen LogP contribution in [0.3, 0.4) is 0 Å². The zero-order valence-corrected chi connectivity index (χ0v) is 16.1. The van der Waals surface area contributed by atoms with Crippen molar-refractivity contribution in [2.24, 2.45) is 5.73 Å². The fourth-order valence-electron chi connectivity index (χ4n) is 3.58. The van der Waals surface area contributed by atoms with Crippen LogP contribution in [0.5, 0.6) is 0 Å². The van der Waals surface area contributed by atoms with Crippen LogP contribution in [0.2, 0.25) is 0 Å². The first-order chi connectivity index (χ1) is 12.6. The molecule has 1 heterocycles. The summed E-state index contributed by atoms with van der Waals surface area (Å²) in [6, 6.07) is 20.4. The third kappa shape index (κ3) is 2.71. The molecule has 0 bridgehead atoms. The molecule has 0 saturated heterocycles. The van der Waals surface area contributed by atoms with E-state index in [1.54, 1.807) is 6.07 Å². The smallest absolute Gasteiger partial charge is 0.249 e. The van der Waals surface area contributed by atoms with Crippen molar-refractivity contribution in [2.75, 3.05) is 0 Å². The maximum Gasteiger partial charge on any atom is 0.249 e. The lowest BCUT2D eigenvalue weighted by Gasteiger charge is -2.10. The number of nitrogens with two attached hydrogens (primary N) is 1. The van der Waals surface area contributed by atoms with Crippen LogP contribution in [0, 0.1) is 0 Å². The summed E-state index contributed by atoms with van der Waals surface area (Å²) in [5.41, 5.74) is 10.9. The first kappa shape index (κ1) is 16.9. The zero-order valence-electron chi connectivity index (χ0n) is 14.5. The standard InChI is InChI=1S/C22H19BrN2O/c1-2-14-10-11-16-20(12-14)25(13-15-6-3-4-8-18(15)23)19-9-5-7-17(21(16)19)22(24)26/h3-12H,2,13H2,1H3,(H2,24,26). The van der Waals surface area contributed by atoms with Gasteiger partial charge in [0, 0.05) is 32.9 Å². The van der Waals surface area contributed by atoms with Crippen LogP contribution in [0.1, 0.15) is 28.4 Å². The molecule has 0 atom stereocenters. The van der Waals surface area contributed by atoms with E-state index in [9.17, 15) is 4.79 Å². The highest BCUT2D eigenvalue weighted by Gasteiger charge is 2.17. The molecule has 1 amide bonds. The van der Waals surface area contributed by atoms with Gasteiger partial charge in [0.05, 0.1) is 5.52 Å². The number of carbonyl (C=O) groups excluding carboxylic acids is 1. The Labute approximate surface area is 160 Å². The highest BCUT2D eigenvalue weighted by molar-refractivity contribution is 9.10. The van der Waals surface area contributed by atoms with E-state index in [1.165, 1.54) is 11.1 Å². The second-order valence-corrected chi connectivity index (χ2v) is 7.30. The van der Waals surface area contributed by atoms with E-state index in [4.69, 9.17) is 5.73 Å². The van der Waals surface area contributed by atoms with Crippen molar-refractivity contribution in [2.45, 2.75) is 19.9 Å². The molecule has 0 aliphatic rings. The highest BCUT2D eigenvalue weighted by Crippen LogP contribution is 2.33. The molecule has 0 saturated carbocycles. The number of amides is 1. The molecule has 0 radical (unpaired) electrons. The van der Waals surface area contributed by atoms with E-state index in [1.807, 2.05) is 18.2 Å². The first-order valence-electron chi connectivity index (χ1n) is 8.67. The van der Waals surface area contributed by atoms with Crippen LogP contribution >= 0.6 is 15.9 Å². The summed E-state index contributed by atoms with van der Waals surface area (Å²) >= 11 is 3.65. The van der Waals surface area contributed by atoms with E-state index in [0.717, 1.165) is 39.2 Å².